The highest BCUT2D eigenvalue weighted by Crippen LogP contribution is 2.30. The molecule has 0 spiro atoms. The number of rotatable bonds is 7. The predicted octanol–water partition coefficient (Wildman–Crippen LogP) is 4.36. The lowest BCUT2D eigenvalue weighted by molar-refractivity contribution is 0.541. The van der Waals surface area contributed by atoms with E-state index in [0.29, 0.717) is 17.6 Å². The standard InChI is InChI=1S/C23H27FN6/c1-15(2)13-20(25-3)27-22-19-5-4-12-30(19)29-23(28-22)21(26-14-16-6-7-16)17-8-10-18(24)11-9-17/h4-5,8-13,16,21,26H,6-7,14H2,1-3H3,(H,25,27,28,29). The van der Waals surface area contributed by atoms with Crippen molar-refractivity contribution < 1.29 is 4.39 Å². The van der Waals surface area contributed by atoms with Crippen molar-refractivity contribution in [2.45, 2.75) is 32.7 Å². The van der Waals surface area contributed by atoms with Crippen LogP contribution in [0.15, 0.2) is 59.2 Å². The highest BCUT2D eigenvalue weighted by molar-refractivity contribution is 6.05. The molecule has 1 unspecified atom stereocenters. The summed E-state index contributed by atoms with van der Waals surface area (Å²) >= 11 is 0. The Morgan fingerprint density at radius 3 is 2.70 bits per heavy atom. The summed E-state index contributed by atoms with van der Waals surface area (Å²) < 4.78 is 15.3. The number of halogens is 1. The topological polar surface area (TPSA) is 66.6 Å². The second-order valence-electron chi connectivity index (χ2n) is 7.95. The summed E-state index contributed by atoms with van der Waals surface area (Å²) in [4.78, 5) is 9.18. The van der Waals surface area contributed by atoms with E-state index in [2.05, 4.69) is 15.6 Å². The van der Waals surface area contributed by atoms with Crippen LogP contribution >= 0.6 is 0 Å². The lowest BCUT2D eigenvalue weighted by Crippen LogP contribution is -2.27. The van der Waals surface area contributed by atoms with Crippen molar-refractivity contribution in [3.05, 3.63) is 71.4 Å². The highest BCUT2D eigenvalue weighted by Gasteiger charge is 2.25. The highest BCUT2D eigenvalue weighted by atomic mass is 19.1. The average molecular weight is 407 g/mol. The summed E-state index contributed by atoms with van der Waals surface area (Å²) in [5.41, 5.74) is 2.93. The third-order valence-electron chi connectivity index (χ3n) is 5.09. The Balaban J connectivity index is 1.74. The maximum Gasteiger partial charge on any atom is 0.173 e. The molecule has 0 saturated heterocycles. The molecule has 7 heteroatoms. The van der Waals surface area contributed by atoms with Gasteiger partial charge in [0, 0.05) is 13.2 Å². The normalized spacial score (nSPS) is 15.3. The molecule has 0 aliphatic heterocycles. The summed E-state index contributed by atoms with van der Waals surface area (Å²) in [7, 11) is 1.75. The molecule has 2 heterocycles. The van der Waals surface area contributed by atoms with Gasteiger partial charge in [-0.1, -0.05) is 17.7 Å². The molecule has 0 amide bonds. The molecule has 3 aromatic rings. The number of anilines is 1. The number of hydrogen-bond acceptors (Lipinski definition) is 4. The van der Waals surface area contributed by atoms with E-state index in [4.69, 9.17) is 10.1 Å². The first-order valence-electron chi connectivity index (χ1n) is 10.3. The Hall–Kier alpha value is -3.06. The van der Waals surface area contributed by atoms with E-state index >= 15 is 0 Å². The van der Waals surface area contributed by atoms with Crippen LogP contribution in [-0.2, 0) is 0 Å². The number of aliphatic imine (C=N–C) groups is 1. The molecule has 4 rings (SSSR count). The van der Waals surface area contributed by atoms with E-state index in [9.17, 15) is 4.39 Å². The summed E-state index contributed by atoms with van der Waals surface area (Å²) in [5.74, 6) is 2.48. The predicted molar refractivity (Wildman–Crippen MR) is 118 cm³/mol. The van der Waals surface area contributed by atoms with Crippen molar-refractivity contribution in [1.82, 2.24) is 19.9 Å². The van der Waals surface area contributed by atoms with Gasteiger partial charge in [0.05, 0.1) is 6.04 Å². The first-order chi connectivity index (χ1) is 14.5. The molecule has 156 valence electrons. The van der Waals surface area contributed by atoms with Gasteiger partial charge in [0.1, 0.15) is 17.2 Å². The van der Waals surface area contributed by atoms with E-state index in [1.807, 2.05) is 42.8 Å². The third kappa shape index (κ3) is 4.74. The molecule has 2 N–H and O–H groups in total. The summed E-state index contributed by atoms with van der Waals surface area (Å²) in [6, 6.07) is 10.2. The van der Waals surface area contributed by atoms with E-state index < -0.39 is 0 Å². The van der Waals surface area contributed by atoms with Gasteiger partial charge < -0.3 is 10.6 Å². The van der Waals surface area contributed by atoms with E-state index in [1.165, 1.54) is 25.0 Å². The lowest BCUT2D eigenvalue weighted by atomic mass is 10.1. The smallest absolute Gasteiger partial charge is 0.173 e. The molecule has 30 heavy (non-hydrogen) atoms. The van der Waals surface area contributed by atoms with E-state index in [-0.39, 0.29) is 11.9 Å². The number of amidine groups is 1. The van der Waals surface area contributed by atoms with E-state index in [0.717, 1.165) is 29.0 Å². The Bertz CT molecular complexity index is 1070. The quantitative estimate of drug-likeness (QED) is 0.452. The molecule has 6 nitrogen and oxygen atoms in total. The van der Waals surface area contributed by atoms with E-state index in [1.54, 1.807) is 19.2 Å². The Morgan fingerprint density at radius 2 is 2.03 bits per heavy atom. The number of nitrogens with one attached hydrogen (secondary N) is 2. The van der Waals surface area contributed by atoms with Gasteiger partial charge in [-0.3, -0.25) is 4.99 Å². The summed E-state index contributed by atoms with van der Waals surface area (Å²) in [5, 5.41) is 11.7. The SMILES string of the molecule is CN=C(C=C(C)C)Nc1nc(C(NCC2CC2)c2ccc(F)cc2)nn2cccc12. The first-order valence-corrected chi connectivity index (χ1v) is 10.3. The average Bonchev–Trinajstić information content (AvgIpc) is 3.43. The molecule has 1 aliphatic carbocycles. The minimum atomic E-state index is -0.255. The van der Waals surface area contributed by atoms with Gasteiger partial charge in [-0.05, 0) is 75.1 Å². The zero-order chi connectivity index (χ0) is 21.1. The molecule has 1 fully saturated rings. The van der Waals surface area contributed by atoms with Gasteiger partial charge in [-0.2, -0.15) is 5.10 Å². The van der Waals surface area contributed by atoms with Crippen LogP contribution in [0, 0.1) is 11.7 Å². The van der Waals surface area contributed by atoms with Gasteiger partial charge >= 0.3 is 0 Å². The molecule has 1 aliphatic rings. The Morgan fingerprint density at radius 1 is 1.27 bits per heavy atom. The van der Waals surface area contributed by atoms with Crippen molar-refractivity contribution >= 4 is 17.2 Å². The van der Waals surface area contributed by atoms with Gasteiger partial charge in [0.15, 0.2) is 11.6 Å². The number of benzene rings is 1. The van der Waals surface area contributed by atoms with Crippen LogP contribution < -0.4 is 10.6 Å². The number of allylic oxidation sites excluding steroid dienone is 1. The zero-order valence-corrected chi connectivity index (χ0v) is 17.6. The molecule has 1 aromatic carbocycles. The number of aromatic nitrogens is 3. The summed E-state index contributed by atoms with van der Waals surface area (Å²) in [6.07, 6.45) is 6.36. The zero-order valence-electron chi connectivity index (χ0n) is 17.6. The van der Waals surface area contributed by atoms with Crippen LogP contribution in [0.5, 0.6) is 0 Å². The summed E-state index contributed by atoms with van der Waals surface area (Å²) in [6.45, 7) is 4.94. The first kappa shape index (κ1) is 20.2. The van der Waals surface area contributed by atoms with Crippen LogP contribution in [-0.4, -0.2) is 34.0 Å². The molecular formula is C23H27FN6. The molecule has 1 atom stereocenters. The maximum atomic E-state index is 13.5. The number of nitrogens with zero attached hydrogens (tertiary/aromatic N) is 4. The van der Waals surface area contributed by atoms with Crippen molar-refractivity contribution in [3.8, 4) is 0 Å². The van der Waals surface area contributed by atoms with Gasteiger partial charge in [-0.25, -0.2) is 13.9 Å². The molecule has 2 aromatic heterocycles. The van der Waals surface area contributed by atoms with Crippen LogP contribution in [0.4, 0.5) is 10.2 Å². The second kappa shape index (κ2) is 8.75. The van der Waals surface area contributed by atoms with Crippen molar-refractivity contribution in [1.29, 1.82) is 0 Å². The largest absolute Gasteiger partial charge is 0.323 e. The van der Waals surface area contributed by atoms with Crippen LogP contribution in [0.3, 0.4) is 0 Å². The van der Waals surface area contributed by atoms with Gasteiger partial charge in [0.25, 0.3) is 0 Å². The van der Waals surface area contributed by atoms with Crippen molar-refractivity contribution in [2.75, 3.05) is 18.9 Å². The minimum absolute atomic E-state index is 0.232. The van der Waals surface area contributed by atoms with Crippen LogP contribution in [0.1, 0.15) is 44.1 Å². The van der Waals surface area contributed by atoms with Crippen LogP contribution in [0.2, 0.25) is 0 Å². The Kier molecular flexibility index (Phi) is 5.90. The molecular weight excluding hydrogens is 379 g/mol. The number of hydrogen-bond donors (Lipinski definition) is 2. The molecule has 0 bridgehead atoms. The maximum absolute atomic E-state index is 13.5. The molecule has 0 radical (unpaired) electrons. The van der Waals surface area contributed by atoms with Crippen LogP contribution in [0.25, 0.3) is 5.52 Å². The van der Waals surface area contributed by atoms with Gasteiger partial charge in [0.2, 0.25) is 0 Å². The van der Waals surface area contributed by atoms with Crippen molar-refractivity contribution in [2.24, 2.45) is 10.9 Å². The third-order valence-corrected chi connectivity index (χ3v) is 5.09. The fourth-order valence-corrected chi connectivity index (χ4v) is 3.34. The second-order valence-corrected chi connectivity index (χ2v) is 7.95. The molecule has 1 saturated carbocycles. The fourth-order valence-electron chi connectivity index (χ4n) is 3.34. The lowest BCUT2D eigenvalue weighted by Gasteiger charge is -2.19. The minimum Gasteiger partial charge on any atom is -0.323 e. The monoisotopic (exact) mass is 406 g/mol. The fraction of sp³-hybridized carbons (Fsp3) is 0.348. The van der Waals surface area contributed by atoms with Crippen molar-refractivity contribution in [3.63, 3.8) is 0 Å². The number of fused-ring (bicyclic) bond motifs is 1. The Labute approximate surface area is 175 Å². The van der Waals surface area contributed by atoms with Gasteiger partial charge in [-0.15, -0.1) is 0 Å².